The number of aliphatic imine (C=N–C) groups is 1. The molecule has 3 nitrogen and oxygen atoms in total. The van der Waals surface area contributed by atoms with Crippen LogP contribution < -0.4 is 0 Å². The van der Waals surface area contributed by atoms with Gasteiger partial charge >= 0.3 is 6.08 Å². The molecule has 0 saturated carbocycles. The zero-order chi connectivity index (χ0) is 8.20. The molecule has 0 atom stereocenters. The van der Waals surface area contributed by atoms with E-state index in [9.17, 15) is 0 Å². The molecule has 0 aliphatic carbocycles. The molecule has 0 unspecified atom stereocenters. The fourth-order valence-electron chi connectivity index (χ4n) is 0.448. The quantitative estimate of drug-likeness (QED) is 0.381. The van der Waals surface area contributed by atoms with Crippen molar-refractivity contribution in [3.05, 3.63) is 0 Å². The van der Waals surface area contributed by atoms with E-state index >= 15 is 0 Å². The zero-order valence-corrected chi connectivity index (χ0v) is 7.26. The van der Waals surface area contributed by atoms with Crippen molar-refractivity contribution in [2.24, 2.45) is 4.99 Å². The van der Waals surface area contributed by atoms with Crippen LogP contribution in [-0.2, 0) is 9.47 Å². The maximum Gasteiger partial charge on any atom is 0.383 e. The summed E-state index contributed by atoms with van der Waals surface area (Å²) in [6, 6.07) is 0. The Kier molecular flexibility index (Phi) is 3.19. The highest BCUT2D eigenvalue weighted by Crippen LogP contribution is 2.06. The molecule has 0 aromatic heterocycles. The highest BCUT2D eigenvalue weighted by atomic mass is 16.7. The average Bonchev–Trinajstić information content (AvgIpc) is 1.81. The fourth-order valence-corrected chi connectivity index (χ4v) is 0.448. The van der Waals surface area contributed by atoms with Crippen molar-refractivity contribution in [1.82, 2.24) is 0 Å². The minimum Gasteiger partial charge on any atom is -0.454 e. The molecule has 0 heterocycles. The first-order chi connectivity index (χ1) is 4.49. The Balaban J connectivity index is 4.11. The van der Waals surface area contributed by atoms with Gasteiger partial charge in [0.2, 0.25) is 0 Å². The summed E-state index contributed by atoms with van der Waals surface area (Å²) in [6.07, 6.45) is 0.326. The molecule has 0 fully saturated rings. The maximum absolute atomic E-state index is 4.80. The Morgan fingerprint density at radius 2 is 1.50 bits per heavy atom. The third kappa shape index (κ3) is 4.18. The van der Waals surface area contributed by atoms with Gasteiger partial charge in [0, 0.05) is 0 Å². The van der Waals surface area contributed by atoms with Crippen molar-refractivity contribution in [2.45, 2.75) is 26.3 Å². The average molecular weight is 145 g/mol. The standard InChI is InChI=1S/C7H15NO2/c1-7(2,3)8-6(9-4)10-5/h1-5H3. The summed E-state index contributed by atoms with van der Waals surface area (Å²) < 4.78 is 9.61. The van der Waals surface area contributed by atoms with Crippen LogP contribution in [0.3, 0.4) is 0 Å². The van der Waals surface area contributed by atoms with Crippen molar-refractivity contribution < 1.29 is 9.47 Å². The molecule has 0 aliphatic heterocycles. The molecule has 0 amide bonds. The van der Waals surface area contributed by atoms with Crippen LogP contribution in [0, 0.1) is 0 Å². The SMILES string of the molecule is COC(=NC(C)(C)C)OC. The summed E-state index contributed by atoms with van der Waals surface area (Å²) in [7, 11) is 3.07. The molecule has 0 N–H and O–H groups in total. The predicted molar refractivity (Wildman–Crippen MR) is 41.2 cm³/mol. The number of methoxy groups -OCH3 is 2. The second-order valence-corrected chi connectivity index (χ2v) is 2.96. The molecule has 0 aromatic rings. The lowest BCUT2D eigenvalue weighted by atomic mass is 10.1. The molecule has 0 rings (SSSR count). The Bertz CT molecular complexity index is 118. The van der Waals surface area contributed by atoms with Crippen LogP contribution in [-0.4, -0.2) is 25.8 Å². The van der Waals surface area contributed by atoms with E-state index in [-0.39, 0.29) is 5.54 Å². The normalized spacial score (nSPS) is 10.5. The van der Waals surface area contributed by atoms with E-state index in [2.05, 4.69) is 4.99 Å². The maximum atomic E-state index is 4.80. The third-order valence-electron chi connectivity index (χ3n) is 0.776. The molecule has 0 saturated heterocycles. The summed E-state index contributed by atoms with van der Waals surface area (Å²) in [5.41, 5.74) is -0.138. The summed E-state index contributed by atoms with van der Waals surface area (Å²) in [6.45, 7) is 5.93. The van der Waals surface area contributed by atoms with E-state index in [0.717, 1.165) is 0 Å². The van der Waals surface area contributed by atoms with Crippen molar-refractivity contribution >= 4 is 6.08 Å². The Morgan fingerprint density at radius 3 is 1.60 bits per heavy atom. The van der Waals surface area contributed by atoms with Crippen LogP contribution in [0.1, 0.15) is 20.8 Å². The highest BCUT2D eigenvalue weighted by molar-refractivity contribution is 5.66. The molecular formula is C7H15NO2. The second kappa shape index (κ2) is 3.44. The van der Waals surface area contributed by atoms with Gasteiger partial charge in [-0.3, -0.25) is 0 Å². The van der Waals surface area contributed by atoms with Gasteiger partial charge in [-0.05, 0) is 20.8 Å². The molecule has 0 spiro atoms. The first-order valence-electron chi connectivity index (χ1n) is 3.17. The monoisotopic (exact) mass is 145 g/mol. The third-order valence-corrected chi connectivity index (χ3v) is 0.776. The van der Waals surface area contributed by atoms with Gasteiger partial charge in [-0.2, -0.15) is 0 Å². The minimum atomic E-state index is -0.138. The van der Waals surface area contributed by atoms with E-state index in [1.165, 1.54) is 14.2 Å². The Hall–Kier alpha value is -0.730. The fraction of sp³-hybridized carbons (Fsp3) is 0.857. The largest absolute Gasteiger partial charge is 0.454 e. The number of hydrogen-bond donors (Lipinski definition) is 0. The molecule has 0 bridgehead atoms. The smallest absolute Gasteiger partial charge is 0.383 e. The summed E-state index contributed by atoms with van der Waals surface area (Å²) >= 11 is 0. The minimum absolute atomic E-state index is 0.138. The van der Waals surface area contributed by atoms with Gasteiger partial charge in [0.15, 0.2) is 0 Å². The van der Waals surface area contributed by atoms with E-state index in [1.54, 1.807) is 0 Å². The van der Waals surface area contributed by atoms with Crippen molar-refractivity contribution in [1.29, 1.82) is 0 Å². The van der Waals surface area contributed by atoms with Gasteiger partial charge in [-0.15, -0.1) is 0 Å². The molecular weight excluding hydrogens is 130 g/mol. The summed E-state index contributed by atoms with van der Waals surface area (Å²) in [5.74, 6) is 0. The van der Waals surface area contributed by atoms with Crippen LogP contribution in [0.25, 0.3) is 0 Å². The van der Waals surface area contributed by atoms with Gasteiger partial charge in [-0.25, -0.2) is 4.99 Å². The lowest BCUT2D eigenvalue weighted by Gasteiger charge is -2.12. The molecule has 3 heteroatoms. The first-order valence-corrected chi connectivity index (χ1v) is 3.17. The molecule has 0 radical (unpaired) electrons. The van der Waals surface area contributed by atoms with Crippen molar-refractivity contribution in [3.63, 3.8) is 0 Å². The van der Waals surface area contributed by atoms with Crippen LogP contribution >= 0.6 is 0 Å². The number of rotatable bonds is 0. The Morgan fingerprint density at radius 1 is 1.10 bits per heavy atom. The van der Waals surface area contributed by atoms with Gasteiger partial charge in [0.25, 0.3) is 0 Å². The van der Waals surface area contributed by atoms with Gasteiger partial charge in [0.05, 0.1) is 19.8 Å². The lowest BCUT2D eigenvalue weighted by molar-refractivity contribution is 0.235. The zero-order valence-electron chi connectivity index (χ0n) is 7.26. The topological polar surface area (TPSA) is 30.8 Å². The first kappa shape index (κ1) is 9.27. The van der Waals surface area contributed by atoms with E-state index < -0.39 is 0 Å². The van der Waals surface area contributed by atoms with Gasteiger partial charge in [-0.1, -0.05) is 0 Å². The summed E-state index contributed by atoms with van der Waals surface area (Å²) in [5, 5.41) is 0. The number of hydrogen-bond acceptors (Lipinski definition) is 3. The highest BCUT2D eigenvalue weighted by Gasteiger charge is 2.09. The number of ether oxygens (including phenoxy) is 2. The van der Waals surface area contributed by atoms with E-state index in [1.807, 2.05) is 20.8 Å². The van der Waals surface area contributed by atoms with Crippen molar-refractivity contribution in [2.75, 3.05) is 14.2 Å². The van der Waals surface area contributed by atoms with Crippen LogP contribution in [0.4, 0.5) is 0 Å². The van der Waals surface area contributed by atoms with Crippen LogP contribution in [0.15, 0.2) is 4.99 Å². The molecule has 0 aromatic carbocycles. The predicted octanol–water partition coefficient (Wildman–Crippen LogP) is 1.43. The van der Waals surface area contributed by atoms with Gasteiger partial charge < -0.3 is 9.47 Å². The van der Waals surface area contributed by atoms with Gasteiger partial charge in [0.1, 0.15) is 0 Å². The van der Waals surface area contributed by atoms with Crippen LogP contribution in [0.2, 0.25) is 0 Å². The molecule has 60 valence electrons. The molecule has 10 heavy (non-hydrogen) atoms. The van der Waals surface area contributed by atoms with Crippen molar-refractivity contribution in [3.8, 4) is 0 Å². The van der Waals surface area contributed by atoms with E-state index in [0.29, 0.717) is 6.08 Å². The Labute approximate surface area is 62.1 Å². The number of nitrogens with zero attached hydrogens (tertiary/aromatic N) is 1. The van der Waals surface area contributed by atoms with E-state index in [4.69, 9.17) is 9.47 Å². The van der Waals surface area contributed by atoms with Crippen LogP contribution in [0.5, 0.6) is 0 Å². The summed E-state index contributed by atoms with van der Waals surface area (Å²) in [4.78, 5) is 4.12. The molecule has 0 aliphatic rings. The lowest BCUT2D eigenvalue weighted by Crippen LogP contribution is -2.16. The second-order valence-electron chi connectivity index (χ2n) is 2.96.